The van der Waals surface area contributed by atoms with Crippen LogP contribution in [0, 0.1) is 5.82 Å². The minimum absolute atomic E-state index is 0.0131. The van der Waals surface area contributed by atoms with Crippen LogP contribution in [0.4, 0.5) is 10.2 Å². The second-order valence-corrected chi connectivity index (χ2v) is 6.50. The Bertz CT molecular complexity index is 954. The van der Waals surface area contributed by atoms with Crippen LogP contribution in [0.25, 0.3) is 11.0 Å². The van der Waals surface area contributed by atoms with E-state index >= 15 is 0 Å². The Hall–Kier alpha value is -2.96. The highest BCUT2D eigenvalue weighted by Crippen LogP contribution is 2.19. The fourth-order valence-electron chi connectivity index (χ4n) is 3.39. The van der Waals surface area contributed by atoms with Crippen LogP contribution in [0.15, 0.2) is 42.9 Å². The molecule has 2 aromatic heterocycles. The lowest BCUT2D eigenvalue weighted by atomic mass is 10.1. The minimum atomic E-state index is -0.326. The van der Waals surface area contributed by atoms with E-state index in [9.17, 15) is 9.18 Å². The molecule has 3 aromatic rings. The summed E-state index contributed by atoms with van der Waals surface area (Å²) in [7, 11) is 1.93. The molecule has 0 N–H and O–H groups in total. The van der Waals surface area contributed by atoms with Gasteiger partial charge in [0.25, 0.3) is 5.91 Å². The van der Waals surface area contributed by atoms with E-state index in [-0.39, 0.29) is 11.7 Å². The maximum atomic E-state index is 14.0. The summed E-state index contributed by atoms with van der Waals surface area (Å²) in [5, 5.41) is 0. The van der Waals surface area contributed by atoms with Gasteiger partial charge in [-0.25, -0.2) is 14.4 Å². The molecule has 1 aromatic carbocycles. The van der Waals surface area contributed by atoms with Crippen LogP contribution in [0.2, 0.25) is 0 Å². The van der Waals surface area contributed by atoms with Gasteiger partial charge < -0.3 is 14.4 Å². The number of hydrogen-bond acceptors (Lipinski definition) is 4. The van der Waals surface area contributed by atoms with Crippen molar-refractivity contribution in [2.75, 3.05) is 31.1 Å². The molecule has 1 saturated heterocycles. The van der Waals surface area contributed by atoms with E-state index in [4.69, 9.17) is 0 Å². The highest BCUT2D eigenvalue weighted by atomic mass is 19.1. The number of rotatable bonds is 2. The van der Waals surface area contributed by atoms with Gasteiger partial charge in [-0.2, -0.15) is 0 Å². The van der Waals surface area contributed by atoms with Crippen molar-refractivity contribution >= 4 is 22.8 Å². The van der Waals surface area contributed by atoms with Crippen LogP contribution in [0.3, 0.4) is 0 Å². The second kappa shape index (κ2) is 6.74. The number of fused-ring (bicyclic) bond motifs is 1. The van der Waals surface area contributed by atoms with E-state index in [0.29, 0.717) is 37.6 Å². The number of benzene rings is 1. The number of aryl methyl sites for hydroxylation is 1. The Morgan fingerprint density at radius 3 is 2.85 bits per heavy atom. The summed E-state index contributed by atoms with van der Waals surface area (Å²) in [6, 6.07) is 8.59. The van der Waals surface area contributed by atoms with Crippen LogP contribution >= 0.6 is 0 Å². The van der Waals surface area contributed by atoms with Crippen molar-refractivity contribution in [1.29, 1.82) is 0 Å². The molecule has 0 unspecified atom stereocenters. The van der Waals surface area contributed by atoms with Gasteiger partial charge in [0.05, 0.1) is 17.4 Å². The van der Waals surface area contributed by atoms with Crippen molar-refractivity contribution in [1.82, 2.24) is 19.4 Å². The number of anilines is 1. The van der Waals surface area contributed by atoms with Crippen LogP contribution in [0.1, 0.15) is 16.8 Å². The molecule has 0 radical (unpaired) electrons. The van der Waals surface area contributed by atoms with Crippen LogP contribution in [-0.2, 0) is 7.05 Å². The molecule has 1 amide bonds. The van der Waals surface area contributed by atoms with Gasteiger partial charge >= 0.3 is 0 Å². The third kappa shape index (κ3) is 3.00. The molecule has 0 saturated carbocycles. The van der Waals surface area contributed by atoms with Gasteiger partial charge in [-0.05, 0) is 36.8 Å². The Morgan fingerprint density at radius 2 is 2.00 bits per heavy atom. The number of pyridine rings is 1. The monoisotopic (exact) mass is 353 g/mol. The molecule has 0 atom stereocenters. The molecule has 1 aliphatic heterocycles. The summed E-state index contributed by atoms with van der Waals surface area (Å²) in [6.45, 7) is 2.42. The molecule has 6 nitrogen and oxygen atoms in total. The van der Waals surface area contributed by atoms with E-state index in [1.54, 1.807) is 18.6 Å². The predicted octanol–water partition coefficient (Wildman–Crippen LogP) is 2.46. The van der Waals surface area contributed by atoms with Gasteiger partial charge in [0.1, 0.15) is 0 Å². The Kier molecular flexibility index (Phi) is 4.28. The molecule has 3 heterocycles. The number of halogens is 1. The number of nitrogens with zero attached hydrogens (tertiary/aromatic N) is 5. The van der Waals surface area contributed by atoms with E-state index in [2.05, 4.69) is 9.97 Å². The van der Waals surface area contributed by atoms with Gasteiger partial charge in [0, 0.05) is 45.0 Å². The van der Waals surface area contributed by atoms with Crippen molar-refractivity contribution in [3.8, 4) is 0 Å². The molecular weight excluding hydrogens is 333 g/mol. The highest BCUT2D eigenvalue weighted by Gasteiger charge is 2.22. The van der Waals surface area contributed by atoms with Crippen LogP contribution in [0.5, 0.6) is 0 Å². The van der Waals surface area contributed by atoms with E-state index in [0.717, 1.165) is 17.5 Å². The number of carbonyl (C=O) groups is 1. The maximum Gasteiger partial charge on any atom is 0.253 e. The summed E-state index contributed by atoms with van der Waals surface area (Å²) in [6.07, 6.45) is 4.10. The van der Waals surface area contributed by atoms with Crippen molar-refractivity contribution < 1.29 is 9.18 Å². The molecule has 0 bridgehead atoms. The van der Waals surface area contributed by atoms with Gasteiger partial charge in [0.15, 0.2) is 11.6 Å². The SMILES string of the molecule is Cn1cnc2cc(C(=O)N3CCCN(c4ncccc4F)CC3)ccc21. The first-order chi connectivity index (χ1) is 12.6. The van der Waals surface area contributed by atoms with E-state index in [1.807, 2.05) is 39.6 Å². The smallest absolute Gasteiger partial charge is 0.253 e. The van der Waals surface area contributed by atoms with Gasteiger partial charge in [0.2, 0.25) is 0 Å². The molecule has 1 fully saturated rings. The van der Waals surface area contributed by atoms with Gasteiger partial charge in [-0.3, -0.25) is 4.79 Å². The maximum absolute atomic E-state index is 14.0. The third-order valence-electron chi connectivity index (χ3n) is 4.79. The number of carbonyl (C=O) groups excluding carboxylic acids is 1. The zero-order chi connectivity index (χ0) is 18.1. The summed E-state index contributed by atoms with van der Waals surface area (Å²) in [5.74, 6) is 0.0190. The summed E-state index contributed by atoms with van der Waals surface area (Å²) in [5.41, 5.74) is 2.44. The van der Waals surface area contributed by atoms with Crippen molar-refractivity contribution in [3.63, 3.8) is 0 Å². The van der Waals surface area contributed by atoms with Crippen molar-refractivity contribution in [2.24, 2.45) is 7.05 Å². The molecule has 134 valence electrons. The van der Waals surface area contributed by atoms with Crippen LogP contribution < -0.4 is 4.90 Å². The number of imidazole rings is 1. The van der Waals surface area contributed by atoms with Crippen LogP contribution in [-0.4, -0.2) is 51.5 Å². The summed E-state index contributed by atoms with van der Waals surface area (Å²) >= 11 is 0. The Morgan fingerprint density at radius 1 is 1.12 bits per heavy atom. The quantitative estimate of drug-likeness (QED) is 0.710. The third-order valence-corrected chi connectivity index (χ3v) is 4.79. The topological polar surface area (TPSA) is 54.3 Å². The lowest BCUT2D eigenvalue weighted by molar-refractivity contribution is 0.0767. The first kappa shape index (κ1) is 16.5. The summed E-state index contributed by atoms with van der Waals surface area (Å²) < 4.78 is 15.9. The molecule has 1 aliphatic rings. The average molecular weight is 353 g/mol. The fourth-order valence-corrected chi connectivity index (χ4v) is 3.39. The number of aromatic nitrogens is 3. The van der Waals surface area contributed by atoms with Crippen molar-refractivity contribution in [2.45, 2.75) is 6.42 Å². The largest absolute Gasteiger partial charge is 0.352 e. The number of amides is 1. The molecule has 0 aliphatic carbocycles. The lowest BCUT2D eigenvalue weighted by Crippen LogP contribution is -2.35. The molecule has 26 heavy (non-hydrogen) atoms. The second-order valence-electron chi connectivity index (χ2n) is 6.50. The highest BCUT2D eigenvalue weighted by molar-refractivity contribution is 5.97. The fraction of sp³-hybridized carbons (Fsp3) is 0.316. The zero-order valence-corrected chi connectivity index (χ0v) is 14.6. The standard InChI is InChI=1S/C19H20FN5O/c1-23-13-22-16-12-14(5-6-17(16)23)19(26)25-9-3-8-24(10-11-25)18-15(20)4-2-7-21-18/h2,4-7,12-13H,3,8-11H2,1H3. The molecular formula is C19H20FN5O. The van der Waals surface area contributed by atoms with E-state index in [1.165, 1.54) is 6.07 Å². The van der Waals surface area contributed by atoms with E-state index < -0.39 is 0 Å². The average Bonchev–Trinajstić information content (AvgIpc) is 2.87. The summed E-state index contributed by atoms with van der Waals surface area (Å²) in [4.78, 5) is 25.1. The minimum Gasteiger partial charge on any atom is -0.352 e. The Labute approximate surface area is 150 Å². The zero-order valence-electron chi connectivity index (χ0n) is 14.6. The first-order valence-corrected chi connectivity index (χ1v) is 8.69. The van der Waals surface area contributed by atoms with Crippen molar-refractivity contribution in [3.05, 3.63) is 54.2 Å². The number of hydrogen-bond donors (Lipinski definition) is 0. The van der Waals surface area contributed by atoms with Gasteiger partial charge in [-0.1, -0.05) is 0 Å². The molecule has 0 spiro atoms. The first-order valence-electron chi connectivity index (χ1n) is 8.69. The predicted molar refractivity (Wildman–Crippen MR) is 97.6 cm³/mol. The normalized spacial score (nSPS) is 15.3. The molecule has 4 rings (SSSR count). The molecule has 7 heteroatoms. The lowest BCUT2D eigenvalue weighted by Gasteiger charge is -2.23. The van der Waals surface area contributed by atoms with Gasteiger partial charge in [-0.15, -0.1) is 0 Å². The Balaban J connectivity index is 1.51.